The second-order valence-electron chi connectivity index (χ2n) is 5.61. The number of nitrogens with two attached hydrogens (primary N) is 2. The fraction of sp³-hybridized carbons (Fsp3) is 0.438. The minimum atomic E-state index is -0.683. The van der Waals surface area contributed by atoms with Gasteiger partial charge in [0, 0.05) is 24.7 Å². The first-order valence-electron chi connectivity index (χ1n) is 7.84. The summed E-state index contributed by atoms with van der Waals surface area (Å²) in [4.78, 5) is 36.5. The van der Waals surface area contributed by atoms with E-state index >= 15 is 0 Å². The Morgan fingerprint density at radius 3 is 2.46 bits per heavy atom. The number of carbonyl (C=O) groups is 3. The number of urea groups is 1. The van der Waals surface area contributed by atoms with E-state index in [1.165, 1.54) is 0 Å². The van der Waals surface area contributed by atoms with Crippen molar-refractivity contribution in [3.05, 3.63) is 23.8 Å². The quantitative estimate of drug-likeness (QED) is 0.694. The largest absolute Gasteiger partial charge is 0.462 e. The summed E-state index contributed by atoms with van der Waals surface area (Å²) in [5.41, 5.74) is 12.0. The second-order valence-corrected chi connectivity index (χ2v) is 5.61. The molecule has 1 fully saturated rings. The summed E-state index contributed by atoms with van der Waals surface area (Å²) in [5.74, 6) is -0.890. The molecule has 1 aliphatic rings. The third-order valence-electron chi connectivity index (χ3n) is 4.00. The highest BCUT2D eigenvalue weighted by Crippen LogP contribution is 2.29. The molecule has 1 aromatic rings. The molecule has 0 radical (unpaired) electrons. The average Bonchev–Trinajstić information content (AvgIpc) is 2.54. The molecule has 3 amide bonds. The van der Waals surface area contributed by atoms with E-state index in [1.807, 2.05) is 4.90 Å². The number of primary amides is 2. The summed E-state index contributed by atoms with van der Waals surface area (Å²) in [7, 11) is 0. The van der Waals surface area contributed by atoms with Crippen LogP contribution in [0.3, 0.4) is 0 Å². The number of anilines is 2. The number of amides is 3. The summed E-state index contributed by atoms with van der Waals surface area (Å²) in [6, 6.07) is 4.19. The predicted octanol–water partition coefficient (Wildman–Crippen LogP) is 1.06. The number of esters is 1. The maximum Gasteiger partial charge on any atom is 0.340 e. The van der Waals surface area contributed by atoms with E-state index < -0.39 is 12.0 Å². The standard InChI is InChI=1S/C16H22N4O4/c1-2-24-15(22)12-4-3-11(19-16(18)23)9-13(12)20-7-5-10(6-8-20)14(17)21/h3-4,9-10H,2,5-8H2,1H3,(H2,17,21)(H3,18,19,23). The molecule has 8 heteroatoms. The van der Waals surface area contributed by atoms with Gasteiger partial charge in [0.15, 0.2) is 0 Å². The fourth-order valence-electron chi connectivity index (χ4n) is 2.80. The molecule has 1 aliphatic heterocycles. The van der Waals surface area contributed by atoms with E-state index in [4.69, 9.17) is 16.2 Å². The minimum Gasteiger partial charge on any atom is -0.462 e. The van der Waals surface area contributed by atoms with Gasteiger partial charge in [-0.2, -0.15) is 0 Å². The lowest BCUT2D eigenvalue weighted by Crippen LogP contribution is -2.39. The van der Waals surface area contributed by atoms with Gasteiger partial charge in [0.25, 0.3) is 0 Å². The van der Waals surface area contributed by atoms with Gasteiger partial charge in [0.1, 0.15) is 0 Å². The smallest absolute Gasteiger partial charge is 0.340 e. The van der Waals surface area contributed by atoms with E-state index in [0.717, 1.165) is 0 Å². The number of rotatable bonds is 5. The van der Waals surface area contributed by atoms with Crippen LogP contribution in [0.4, 0.5) is 16.2 Å². The van der Waals surface area contributed by atoms with Gasteiger partial charge in [0.05, 0.1) is 17.9 Å². The van der Waals surface area contributed by atoms with Crippen molar-refractivity contribution in [1.82, 2.24) is 0 Å². The first-order chi connectivity index (χ1) is 11.4. The molecule has 0 bridgehead atoms. The number of nitrogens with zero attached hydrogens (tertiary/aromatic N) is 1. The molecule has 0 atom stereocenters. The molecule has 1 saturated heterocycles. The first kappa shape index (κ1) is 17.6. The third-order valence-corrected chi connectivity index (χ3v) is 4.00. The molecule has 8 nitrogen and oxygen atoms in total. The monoisotopic (exact) mass is 334 g/mol. The zero-order chi connectivity index (χ0) is 17.7. The molecule has 1 heterocycles. The van der Waals surface area contributed by atoms with Crippen LogP contribution in [0.15, 0.2) is 18.2 Å². The molecular weight excluding hydrogens is 312 g/mol. The van der Waals surface area contributed by atoms with Gasteiger partial charge in [0.2, 0.25) is 5.91 Å². The number of carbonyl (C=O) groups excluding carboxylic acids is 3. The Balaban J connectivity index is 2.28. The first-order valence-corrected chi connectivity index (χ1v) is 7.84. The number of piperidine rings is 1. The van der Waals surface area contributed by atoms with Crippen molar-refractivity contribution in [2.75, 3.05) is 29.9 Å². The van der Waals surface area contributed by atoms with Crippen molar-refractivity contribution in [2.24, 2.45) is 17.4 Å². The fourth-order valence-corrected chi connectivity index (χ4v) is 2.80. The van der Waals surface area contributed by atoms with E-state index in [-0.39, 0.29) is 18.4 Å². The molecule has 0 aromatic heterocycles. The molecule has 1 aromatic carbocycles. The summed E-state index contributed by atoms with van der Waals surface area (Å²) >= 11 is 0. The molecule has 24 heavy (non-hydrogen) atoms. The van der Waals surface area contributed by atoms with E-state index in [1.54, 1.807) is 25.1 Å². The zero-order valence-electron chi connectivity index (χ0n) is 13.6. The van der Waals surface area contributed by atoms with Crippen molar-refractivity contribution < 1.29 is 19.1 Å². The Morgan fingerprint density at radius 1 is 1.25 bits per heavy atom. The van der Waals surface area contributed by atoms with Gasteiger partial charge in [-0.1, -0.05) is 0 Å². The zero-order valence-corrected chi connectivity index (χ0v) is 13.6. The van der Waals surface area contributed by atoms with Gasteiger partial charge >= 0.3 is 12.0 Å². The van der Waals surface area contributed by atoms with Crippen LogP contribution in [0.2, 0.25) is 0 Å². The Bertz CT molecular complexity index is 639. The minimum absolute atomic E-state index is 0.153. The Morgan fingerprint density at radius 2 is 1.92 bits per heavy atom. The van der Waals surface area contributed by atoms with E-state index in [2.05, 4.69) is 5.32 Å². The van der Waals surface area contributed by atoms with Gasteiger partial charge in [-0.15, -0.1) is 0 Å². The molecule has 2 rings (SSSR count). The topological polar surface area (TPSA) is 128 Å². The summed E-state index contributed by atoms with van der Waals surface area (Å²) in [6.07, 6.45) is 1.23. The van der Waals surface area contributed by atoms with Crippen LogP contribution in [0, 0.1) is 5.92 Å². The summed E-state index contributed by atoms with van der Waals surface area (Å²) in [6.45, 7) is 3.17. The number of nitrogens with one attached hydrogen (secondary N) is 1. The Kier molecular flexibility index (Phi) is 5.62. The van der Waals surface area contributed by atoms with Crippen LogP contribution in [0.5, 0.6) is 0 Å². The molecule has 0 aliphatic carbocycles. The Labute approximate surface area is 140 Å². The maximum absolute atomic E-state index is 12.2. The second kappa shape index (κ2) is 7.67. The molecular formula is C16H22N4O4. The maximum atomic E-state index is 12.2. The van der Waals surface area contributed by atoms with Crippen molar-refractivity contribution in [3.8, 4) is 0 Å². The van der Waals surface area contributed by atoms with Crippen LogP contribution in [-0.4, -0.2) is 37.6 Å². The Hall–Kier alpha value is -2.77. The molecule has 130 valence electrons. The van der Waals surface area contributed by atoms with Crippen LogP contribution in [0.1, 0.15) is 30.1 Å². The van der Waals surface area contributed by atoms with E-state index in [0.29, 0.717) is 42.9 Å². The lowest BCUT2D eigenvalue weighted by molar-refractivity contribution is -0.122. The van der Waals surface area contributed by atoms with Gasteiger partial charge in [-0.05, 0) is 38.0 Å². The molecule has 5 N–H and O–H groups in total. The number of benzene rings is 1. The van der Waals surface area contributed by atoms with Crippen LogP contribution < -0.4 is 21.7 Å². The van der Waals surface area contributed by atoms with Crippen molar-refractivity contribution in [1.29, 1.82) is 0 Å². The predicted molar refractivity (Wildman–Crippen MR) is 89.7 cm³/mol. The normalized spacial score (nSPS) is 15.0. The molecule has 0 saturated carbocycles. The summed E-state index contributed by atoms with van der Waals surface area (Å²) < 4.78 is 5.09. The van der Waals surface area contributed by atoms with E-state index in [9.17, 15) is 14.4 Å². The number of hydrogen-bond donors (Lipinski definition) is 3. The highest BCUT2D eigenvalue weighted by atomic mass is 16.5. The van der Waals surface area contributed by atoms with Gasteiger partial charge < -0.3 is 26.4 Å². The van der Waals surface area contributed by atoms with Crippen LogP contribution >= 0.6 is 0 Å². The number of ether oxygens (including phenoxy) is 1. The summed E-state index contributed by atoms with van der Waals surface area (Å²) in [5, 5.41) is 2.50. The van der Waals surface area contributed by atoms with Crippen LogP contribution in [-0.2, 0) is 9.53 Å². The van der Waals surface area contributed by atoms with Gasteiger partial charge in [-0.25, -0.2) is 9.59 Å². The highest BCUT2D eigenvalue weighted by molar-refractivity contribution is 5.98. The lowest BCUT2D eigenvalue weighted by atomic mass is 9.95. The molecule has 0 unspecified atom stereocenters. The van der Waals surface area contributed by atoms with Crippen molar-refractivity contribution >= 4 is 29.3 Å². The van der Waals surface area contributed by atoms with Gasteiger partial charge in [-0.3, -0.25) is 4.79 Å². The molecule has 0 spiro atoms. The number of hydrogen-bond acceptors (Lipinski definition) is 5. The SMILES string of the molecule is CCOC(=O)c1ccc(NC(N)=O)cc1N1CCC(C(N)=O)CC1. The average molecular weight is 334 g/mol. The lowest BCUT2D eigenvalue weighted by Gasteiger charge is -2.33. The van der Waals surface area contributed by atoms with Crippen molar-refractivity contribution in [2.45, 2.75) is 19.8 Å². The van der Waals surface area contributed by atoms with Crippen molar-refractivity contribution in [3.63, 3.8) is 0 Å². The van der Waals surface area contributed by atoms with Crippen LogP contribution in [0.25, 0.3) is 0 Å². The third kappa shape index (κ3) is 4.15. The highest BCUT2D eigenvalue weighted by Gasteiger charge is 2.26.